The van der Waals surface area contributed by atoms with Crippen LogP contribution in [0.15, 0.2) is 42.7 Å². The van der Waals surface area contributed by atoms with Crippen molar-refractivity contribution in [3.8, 4) is 11.8 Å². The van der Waals surface area contributed by atoms with Gasteiger partial charge in [-0.2, -0.15) is 0 Å². The van der Waals surface area contributed by atoms with Crippen LogP contribution in [0, 0.1) is 18.8 Å². The van der Waals surface area contributed by atoms with Crippen molar-refractivity contribution < 1.29 is 14.3 Å². The fourth-order valence-electron chi connectivity index (χ4n) is 3.09. The number of Topliss-reactive ketones (excluding diaryl/α,β-unsaturated/α-hetero) is 1. The molecule has 0 aliphatic carbocycles. The van der Waals surface area contributed by atoms with Crippen molar-refractivity contribution in [1.29, 1.82) is 0 Å². The maximum absolute atomic E-state index is 12.6. The van der Waals surface area contributed by atoms with Crippen LogP contribution in [-0.2, 0) is 9.47 Å². The van der Waals surface area contributed by atoms with Gasteiger partial charge in [-0.05, 0) is 56.4 Å². The monoisotopic (exact) mass is 375 g/mol. The van der Waals surface area contributed by atoms with Crippen LogP contribution < -0.4 is 0 Å². The van der Waals surface area contributed by atoms with E-state index in [9.17, 15) is 4.79 Å². The summed E-state index contributed by atoms with van der Waals surface area (Å²) in [5, 5.41) is 0. The molecule has 3 aromatic rings. The lowest BCUT2D eigenvalue weighted by molar-refractivity contribution is -0.155. The summed E-state index contributed by atoms with van der Waals surface area (Å²) >= 11 is 0. The fourth-order valence-corrected chi connectivity index (χ4v) is 3.09. The number of fused-ring (bicyclic) bond motifs is 1. The summed E-state index contributed by atoms with van der Waals surface area (Å²) in [6, 6.07) is 9.45. The second-order valence-electron chi connectivity index (χ2n) is 6.73. The first-order valence-corrected chi connectivity index (χ1v) is 9.38. The number of carbonyl (C=O) groups excluding carboxylic acids is 1. The number of pyridine rings is 2. The molecule has 6 nitrogen and oxygen atoms in total. The molecule has 0 amide bonds. The van der Waals surface area contributed by atoms with Crippen LogP contribution in [-0.4, -0.2) is 39.7 Å². The second-order valence-corrected chi connectivity index (χ2v) is 6.73. The minimum Gasteiger partial charge on any atom is -0.353 e. The number of ketones is 1. The lowest BCUT2D eigenvalue weighted by Gasteiger charge is -2.22. The highest BCUT2D eigenvalue weighted by atomic mass is 16.7. The summed E-state index contributed by atoms with van der Waals surface area (Å²) in [6.45, 7) is 2.59. The average molecular weight is 375 g/mol. The quantitative estimate of drug-likeness (QED) is 0.518. The number of nitrogens with zero attached hydrogens (tertiary/aromatic N) is 3. The highest BCUT2D eigenvalue weighted by molar-refractivity contribution is 5.96. The molecule has 1 atom stereocenters. The van der Waals surface area contributed by atoms with Gasteiger partial charge in [0.05, 0.1) is 6.20 Å². The van der Waals surface area contributed by atoms with E-state index in [1.807, 2.05) is 43.5 Å². The Morgan fingerprint density at radius 1 is 1.29 bits per heavy atom. The highest BCUT2D eigenvalue weighted by Crippen LogP contribution is 2.15. The number of hydrogen-bond acceptors (Lipinski definition) is 5. The van der Waals surface area contributed by atoms with Gasteiger partial charge in [0.1, 0.15) is 23.6 Å². The molecule has 1 aliphatic rings. The molecule has 0 saturated carbocycles. The summed E-state index contributed by atoms with van der Waals surface area (Å²) in [7, 11) is 0. The van der Waals surface area contributed by atoms with Gasteiger partial charge in [-0.25, -0.2) is 9.97 Å². The lowest BCUT2D eigenvalue weighted by Crippen LogP contribution is -2.25. The van der Waals surface area contributed by atoms with Crippen molar-refractivity contribution in [2.24, 2.45) is 0 Å². The lowest BCUT2D eigenvalue weighted by atomic mass is 10.2. The van der Waals surface area contributed by atoms with E-state index in [1.54, 1.807) is 10.6 Å². The van der Waals surface area contributed by atoms with Crippen LogP contribution in [0.3, 0.4) is 0 Å². The normalized spacial score (nSPS) is 16.5. The molecule has 1 saturated heterocycles. The van der Waals surface area contributed by atoms with E-state index < -0.39 is 0 Å². The third-order valence-electron chi connectivity index (χ3n) is 4.55. The summed E-state index contributed by atoms with van der Waals surface area (Å²) in [6.07, 6.45) is 6.03. The Morgan fingerprint density at radius 3 is 3.04 bits per heavy atom. The topological polar surface area (TPSA) is 65.7 Å². The smallest absolute Gasteiger partial charge is 0.206 e. The zero-order valence-corrected chi connectivity index (χ0v) is 15.7. The first-order chi connectivity index (χ1) is 13.7. The molecular formula is C22H21N3O3. The standard InChI is InChI=1S/C22H21N3O3/c1-16-5-4-6-18(24-16)10-8-17-9-11-21-23-13-19(25(21)14-17)20(26)15-28-22-7-2-3-12-27-22/h4-6,9,11,13-14,22H,2-3,7,12,15H2,1H3. The number of carbonyl (C=O) groups is 1. The van der Waals surface area contributed by atoms with Crippen molar-refractivity contribution in [3.05, 3.63) is 65.4 Å². The third-order valence-corrected chi connectivity index (χ3v) is 4.55. The van der Waals surface area contributed by atoms with E-state index in [0.29, 0.717) is 23.6 Å². The highest BCUT2D eigenvalue weighted by Gasteiger charge is 2.18. The molecule has 1 fully saturated rings. The van der Waals surface area contributed by atoms with E-state index in [1.165, 1.54) is 0 Å². The molecule has 4 rings (SSSR count). The van der Waals surface area contributed by atoms with Crippen molar-refractivity contribution in [2.75, 3.05) is 13.2 Å². The van der Waals surface area contributed by atoms with Crippen molar-refractivity contribution in [3.63, 3.8) is 0 Å². The zero-order valence-electron chi connectivity index (χ0n) is 15.7. The molecular weight excluding hydrogens is 354 g/mol. The molecule has 0 aromatic carbocycles. The Morgan fingerprint density at radius 2 is 2.21 bits per heavy atom. The maximum atomic E-state index is 12.6. The zero-order chi connectivity index (χ0) is 19.3. The van der Waals surface area contributed by atoms with Crippen molar-refractivity contribution in [1.82, 2.24) is 14.4 Å². The number of aryl methyl sites for hydroxylation is 1. The van der Waals surface area contributed by atoms with Gasteiger partial charge in [0.25, 0.3) is 0 Å². The summed E-state index contributed by atoms with van der Waals surface area (Å²) < 4.78 is 12.9. The van der Waals surface area contributed by atoms with Crippen LogP contribution >= 0.6 is 0 Å². The van der Waals surface area contributed by atoms with E-state index >= 15 is 0 Å². The van der Waals surface area contributed by atoms with Gasteiger partial charge < -0.3 is 9.47 Å². The van der Waals surface area contributed by atoms with Gasteiger partial charge in [0.15, 0.2) is 6.29 Å². The summed E-state index contributed by atoms with van der Waals surface area (Å²) in [5.41, 5.74) is 3.58. The Labute approximate surface area is 163 Å². The van der Waals surface area contributed by atoms with Crippen LogP contribution in [0.1, 0.15) is 46.7 Å². The Hall–Kier alpha value is -3.01. The molecule has 28 heavy (non-hydrogen) atoms. The maximum Gasteiger partial charge on any atom is 0.206 e. The first kappa shape index (κ1) is 18.4. The van der Waals surface area contributed by atoms with Crippen molar-refractivity contribution in [2.45, 2.75) is 32.5 Å². The molecule has 3 aromatic heterocycles. The number of ether oxygens (including phenoxy) is 2. The predicted octanol–water partition coefficient (Wildman–Crippen LogP) is 3.16. The molecule has 6 heteroatoms. The van der Waals surface area contributed by atoms with Gasteiger partial charge in [-0.15, -0.1) is 0 Å². The molecule has 142 valence electrons. The van der Waals surface area contributed by atoms with Crippen LogP contribution in [0.2, 0.25) is 0 Å². The number of imidazole rings is 1. The molecule has 0 radical (unpaired) electrons. The molecule has 1 aliphatic heterocycles. The van der Waals surface area contributed by atoms with E-state index in [-0.39, 0.29) is 18.7 Å². The van der Waals surface area contributed by atoms with Gasteiger partial charge >= 0.3 is 0 Å². The van der Waals surface area contributed by atoms with Crippen molar-refractivity contribution >= 4 is 11.4 Å². The predicted molar refractivity (Wildman–Crippen MR) is 104 cm³/mol. The summed E-state index contributed by atoms with van der Waals surface area (Å²) in [5.74, 6) is 6.02. The second kappa shape index (κ2) is 8.34. The Balaban J connectivity index is 1.52. The number of hydrogen-bond donors (Lipinski definition) is 0. The minimum absolute atomic E-state index is 0.0262. The van der Waals surface area contributed by atoms with Crippen LogP contribution in [0.25, 0.3) is 5.65 Å². The van der Waals surface area contributed by atoms with Gasteiger partial charge in [-0.3, -0.25) is 9.20 Å². The summed E-state index contributed by atoms with van der Waals surface area (Å²) in [4.78, 5) is 21.3. The van der Waals surface area contributed by atoms with E-state index in [4.69, 9.17) is 9.47 Å². The Kier molecular flexibility index (Phi) is 5.47. The van der Waals surface area contributed by atoms with Gasteiger partial charge in [0, 0.05) is 24.1 Å². The average Bonchev–Trinajstić information content (AvgIpc) is 3.15. The molecule has 0 N–H and O–H groups in total. The molecule has 4 heterocycles. The van der Waals surface area contributed by atoms with Crippen LogP contribution in [0.4, 0.5) is 0 Å². The molecule has 0 bridgehead atoms. The first-order valence-electron chi connectivity index (χ1n) is 9.38. The molecule has 1 unspecified atom stereocenters. The van der Waals surface area contributed by atoms with Crippen LogP contribution in [0.5, 0.6) is 0 Å². The SMILES string of the molecule is Cc1cccc(C#Cc2ccc3ncc(C(=O)COC4CCCCO4)n3c2)n1. The number of aromatic nitrogens is 3. The van der Waals surface area contributed by atoms with Gasteiger partial charge in [0.2, 0.25) is 5.78 Å². The number of rotatable bonds is 4. The minimum atomic E-state index is -0.292. The Bertz CT molecular complexity index is 1060. The molecule has 0 spiro atoms. The largest absolute Gasteiger partial charge is 0.353 e. The van der Waals surface area contributed by atoms with E-state index in [0.717, 1.165) is 30.5 Å². The van der Waals surface area contributed by atoms with Gasteiger partial charge in [-0.1, -0.05) is 12.0 Å². The van der Waals surface area contributed by atoms with E-state index in [2.05, 4.69) is 21.8 Å². The third kappa shape index (κ3) is 4.28. The fraction of sp³-hybridized carbons (Fsp3) is 0.318.